The van der Waals surface area contributed by atoms with Crippen molar-refractivity contribution >= 4 is 5.91 Å². The van der Waals surface area contributed by atoms with Crippen molar-refractivity contribution in [2.75, 3.05) is 0 Å². The zero-order valence-electron chi connectivity index (χ0n) is 12.7. The van der Waals surface area contributed by atoms with Crippen LogP contribution in [0.5, 0.6) is 5.88 Å². The molecule has 3 rings (SSSR count). The molecule has 5 nitrogen and oxygen atoms in total. The van der Waals surface area contributed by atoms with Crippen molar-refractivity contribution in [2.45, 2.75) is 44.8 Å². The van der Waals surface area contributed by atoms with Crippen molar-refractivity contribution < 1.29 is 9.53 Å². The van der Waals surface area contributed by atoms with E-state index in [0.717, 1.165) is 18.5 Å². The number of nitrogens with zero attached hydrogens (tertiary/aromatic N) is 2. The van der Waals surface area contributed by atoms with Gasteiger partial charge in [0.15, 0.2) is 6.10 Å². The van der Waals surface area contributed by atoms with Crippen LogP contribution in [-0.4, -0.2) is 27.8 Å². The van der Waals surface area contributed by atoms with Crippen molar-refractivity contribution in [2.24, 2.45) is 0 Å². The molecule has 1 fully saturated rings. The van der Waals surface area contributed by atoms with Crippen LogP contribution in [0.2, 0.25) is 0 Å². The van der Waals surface area contributed by atoms with Gasteiger partial charge < -0.3 is 10.1 Å². The SMILES string of the molecule is CC(Oc1ccn(-c2ccccc2)n1)C(=O)NC1CCCC1. The zero-order valence-corrected chi connectivity index (χ0v) is 12.7. The number of rotatable bonds is 5. The average Bonchev–Trinajstić information content (AvgIpc) is 3.20. The first-order valence-corrected chi connectivity index (χ1v) is 7.80. The van der Waals surface area contributed by atoms with E-state index >= 15 is 0 Å². The number of hydrogen-bond donors (Lipinski definition) is 1. The summed E-state index contributed by atoms with van der Waals surface area (Å²) in [6.07, 6.45) is 5.82. The topological polar surface area (TPSA) is 56.2 Å². The molecule has 1 heterocycles. The lowest BCUT2D eigenvalue weighted by Gasteiger charge is -2.16. The lowest BCUT2D eigenvalue weighted by molar-refractivity contribution is -0.128. The smallest absolute Gasteiger partial charge is 0.261 e. The summed E-state index contributed by atoms with van der Waals surface area (Å²) in [5, 5.41) is 7.39. The van der Waals surface area contributed by atoms with Crippen LogP contribution in [0.3, 0.4) is 0 Å². The Bertz CT molecular complexity index is 618. The van der Waals surface area contributed by atoms with E-state index in [9.17, 15) is 4.79 Å². The summed E-state index contributed by atoms with van der Waals surface area (Å²) in [5.74, 6) is 0.388. The standard InChI is InChI=1S/C17H21N3O2/c1-13(17(21)18-14-7-5-6-8-14)22-16-11-12-20(19-16)15-9-3-2-4-10-15/h2-4,9-14H,5-8H2,1H3,(H,18,21). The van der Waals surface area contributed by atoms with Crippen LogP contribution < -0.4 is 10.1 Å². The average molecular weight is 299 g/mol. The number of ether oxygens (including phenoxy) is 1. The maximum absolute atomic E-state index is 12.1. The first-order chi connectivity index (χ1) is 10.7. The monoisotopic (exact) mass is 299 g/mol. The first kappa shape index (κ1) is 14.6. The Morgan fingerprint density at radius 1 is 1.27 bits per heavy atom. The summed E-state index contributed by atoms with van der Waals surface area (Å²) in [6.45, 7) is 1.76. The molecule has 1 atom stereocenters. The Kier molecular flexibility index (Phi) is 4.42. The van der Waals surface area contributed by atoms with Crippen LogP contribution in [0.1, 0.15) is 32.6 Å². The molecule has 1 aliphatic rings. The van der Waals surface area contributed by atoms with Gasteiger partial charge in [-0.2, -0.15) is 0 Å². The molecule has 2 aromatic rings. The van der Waals surface area contributed by atoms with E-state index in [4.69, 9.17) is 4.74 Å². The molecular formula is C17H21N3O2. The fraction of sp³-hybridized carbons (Fsp3) is 0.412. The molecule has 116 valence electrons. The van der Waals surface area contributed by atoms with Crippen LogP contribution in [0.25, 0.3) is 5.69 Å². The molecule has 1 unspecified atom stereocenters. The van der Waals surface area contributed by atoms with Gasteiger partial charge in [0, 0.05) is 18.3 Å². The molecule has 1 saturated carbocycles. The van der Waals surface area contributed by atoms with E-state index in [-0.39, 0.29) is 5.91 Å². The number of nitrogens with one attached hydrogen (secondary N) is 1. The van der Waals surface area contributed by atoms with E-state index < -0.39 is 6.10 Å². The van der Waals surface area contributed by atoms with Crippen molar-refractivity contribution in [1.29, 1.82) is 0 Å². The highest BCUT2D eigenvalue weighted by Crippen LogP contribution is 2.18. The number of carbonyl (C=O) groups is 1. The minimum absolute atomic E-state index is 0.0684. The Morgan fingerprint density at radius 2 is 2.00 bits per heavy atom. The van der Waals surface area contributed by atoms with Gasteiger partial charge >= 0.3 is 0 Å². The molecule has 1 N–H and O–H groups in total. The second-order valence-electron chi connectivity index (χ2n) is 5.68. The Hall–Kier alpha value is -2.30. The van der Waals surface area contributed by atoms with Crippen LogP contribution in [-0.2, 0) is 4.79 Å². The number of aromatic nitrogens is 2. The van der Waals surface area contributed by atoms with Crippen LogP contribution >= 0.6 is 0 Å². The summed E-state index contributed by atoms with van der Waals surface area (Å²) in [7, 11) is 0. The summed E-state index contributed by atoms with van der Waals surface area (Å²) in [4.78, 5) is 12.1. The maximum Gasteiger partial charge on any atom is 0.261 e. The van der Waals surface area contributed by atoms with Gasteiger partial charge in [0.2, 0.25) is 5.88 Å². The largest absolute Gasteiger partial charge is 0.463 e. The second-order valence-corrected chi connectivity index (χ2v) is 5.68. The van der Waals surface area contributed by atoms with E-state index in [2.05, 4.69) is 10.4 Å². The molecule has 5 heteroatoms. The van der Waals surface area contributed by atoms with Gasteiger partial charge in [-0.15, -0.1) is 5.10 Å². The second kappa shape index (κ2) is 6.64. The third-order valence-electron chi connectivity index (χ3n) is 3.95. The maximum atomic E-state index is 12.1. The van der Waals surface area contributed by atoms with Gasteiger partial charge in [-0.25, -0.2) is 4.68 Å². The summed E-state index contributed by atoms with van der Waals surface area (Å²) < 4.78 is 7.38. The van der Waals surface area contributed by atoms with E-state index in [1.807, 2.05) is 36.5 Å². The normalized spacial score (nSPS) is 16.4. The van der Waals surface area contributed by atoms with Gasteiger partial charge in [-0.1, -0.05) is 31.0 Å². The van der Waals surface area contributed by atoms with Crippen LogP contribution in [0.15, 0.2) is 42.6 Å². The number of amides is 1. The number of carbonyl (C=O) groups excluding carboxylic acids is 1. The predicted molar refractivity (Wildman–Crippen MR) is 84.1 cm³/mol. The van der Waals surface area contributed by atoms with E-state index in [1.165, 1.54) is 12.8 Å². The predicted octanol–water partition coefficient (Wildman–Crippen LogP) is 2.70. The molecule has 1 amide bonds. The number of benzene rings is 1. The lowest BCUT2D eigenvalue weighted by Crippen LogP contribution is -2.41. The Labute approximate surface area is 130 Å². The highest BCUT2D eigenvalue weighted by molar-refractivity contribution is 5.80. The molecule has 1 aliphatic carbocycles. The summed E-state index contributed by atoms with van der Waals surface area (Å²) in [6, 6.07) is 11.9. The van der Waals surface area contributed by atoms with Crippen molar-refractivity contribution in [3.63, 3.8) is 0 Å². The van der Waals surface area contributed by atoms with Gasteiger partial charge in [0.25, 0.3) is 5.91 Å². The van der Waals surface area contributed by atoms with Crippen LogP contribution in [0, 0.1) is 0 Å². The minimum Gasteiger partial charge on any atom is -0.463 e. The molecule has 1 aromatic carbocycles. The third-order valence-corrected chi connectivity index (χ3v) is 3.95. The van der Waals surface area contributed by atoms with Crippen LogP contribution in [0.4, 0.5) is 0 Å². The lowest BCUT2D eigenvalue weighted by atomic mass is 10.2. The fourth-order valence-corrected chi connectivity index (χ4v) is 2.72. The first-order valence-electron chi connectivity index (χ1n) is 7.80. The summed E-state index contributed by atoms with van der Waals surface area (Å²) >= 11 is 0. The quantitative estimate of drug-likeness (QED) is 0.923. The molecule has 0 aliphatic heterocycles. The highest BCUT2D eigenvalue weighted by Gasteiger charge is 2.22. The molecular weight excluding hydrogens is 278 g/mol. The molecule has 0 saturated heterocycles. The van der Waals surface area contributed by atoms with E-state index in [1.54, 1.807) is 17.7 Å². The number of hydrogen-bond acceptors (Lipinski definition) is 3. The van der Waals surface area contributed by atoms with Crippen molar-refractivity contribution in [1.82, 2.24) is 15.1 Å². The van der Waals surface area contributed by atoms with Gasteiger partial charge in [0.05, 0.1) is 5.69 Å². The zero-order chi connectivity index (χ0) is 15.4. The van der Waals surface area contributed by atoms with Crippen molar-refractivity contribution in [3.8, 4) is 11.6 Å². The van der Waals surface area contributed by atoms with Gasteiger partial charge in [0.1, 0.15) is 0 Å². The van der Waals surface area contributed by atoms with E-state index in [0.29, 0.717) is 11.9 Å². The minimum atomic E-state index is -0.542. The summed E-state index contributed by atoms with van der Waals surface area (Å²) in [5.41, 5.74) is 0.959. The Balaban J connectivity index is 1.58. The van der Waals surface area contributed by atoms with Gasteiger partial charge in [-0.05, 0) is 31.9 Å². The fourth-order valence-electron chi connectivity index (χ4n) is 2.72. The Morgan fingerprint density at radius 3 is 2.73 bits per heavy atom. The molecule has 0 bridgehead atoms. The molecule has 0 spiro atoms. The highest BCUT2D eigenvalue weighted by atomic mass is 16.5. The molecule has 1 aromatic heterocycles. The van der Waals surface area contributed by atoms with Gasteiger partial charge in [-0.3, -0.25) is 4.79 Å². The third kappa shape index (κ3) is 3.47. The van der Waals surface area contributed by atoms with Crippen molar-refractivity contribution in [3.05, 3.63) is 42.6 Å². The molecule has 22 heavy (non-hydrogen) atoms. The number of para-hydroxylation sites is 1. The molecule has 0 radical (unpaired) electrons.